The summed E-state index contributed by atoms with van der Waals surface area (Å²) in [6.07, 6.45) is 3.41. The number of hydrogen-bond donors (Lipinski definition) is 1. The lowest BCUT2D eigenvalue weighted by atomic mass is 10.1. The van der Waals surface area contributed by atoms with Crippen LogP contribution in [0.1, 0.15) is 31.6 Å². The van der Waals surface area contributed by atoms with Gasteiger partial charge in [0.25, 0.3) is 0 Å². The van der Waals surface area contributed by atoms with Gasteiger partial charge in [0.1, 0.15) is 17.3 Å². The van der Waals surface area contributed by atoms with Gasteiger partial charge in [0.05, 0.1) is 0 Å². The Hall–Kier alpha value is -1.77. The highest BCUT2D eigenvalue weighted by molar-refractivity contribution is 5.71. The molecule has 0 amide bonds. The van der Waals surface area contributed by atoms with Crippen LogP contribution in [0.15, 0.2) is 30.3 Å². The van der Waals surface area contributed by atoms with Crippen molar-refractivity contribution >= 4 is 5.82 Å². The zero-order valence-electron chi connectivity index (χ0n) is 10.1. The molecule has 2 aromatic rings. The number of benzene rings is 1. The lowest BCUT2D eigenvalue weighted by Gasteiger charge is -2.06. The van der Waals surface area contributed by atoms with Gasteiger partial charge < -0.3 is 10.3 Å². The van der Waals surface area contributed by atoms with E-state index >= 15 is 0 Å². The van der Waals surface area contributed by atoms with Crippen LogP contribution < -0.4 is 5.73 Å². The fourth-order valence-electron chi connectivity index (χ4n) is 2.29. The molecule has 1 aromatic carbocycles. The molecular formula is C14H17N3. The van der Waals surface area contributed by atoms with Gasteiger partial charge in [-0.2, -0.15) is 0 Å². The first kappa shape index (κ1) is 10.4. The van der Waals surface area contributed by atoms with Gasteiger partial charge in [0.2, 0.25) is 0 Å². The maximum atomic E-state index is 6.25. The van der Waals surface area contributed by atoms with Crippen molar-refractivity contribution in [2.45, 2.75) is 32.2 Å². The standard InChI is InChI=1S/C14H17N3/c1-2-12-16-13(10-6-4-3-5-7-10)14(15)17(12)11-8-9-11/h3-7,11H,2,8-9,15H2,1H3. The first-order valence-corrected chi connectivity index (χ1v) is 6.23. The van der Waals surface area contributed by atoms with E-state index in [4.69, 9.17) is 10.7 Å². The minimum absolute atomic E-state index is 0.593. The fraction of sp³-hybridized carbons (Fsp3) is 0.357. The van der Waals surface area contributed by atoms with Crippen molar-refractivity contribution in [3.63, 3.8) is 0 Å². The summed E-state index contributed by atoms with van der Waals surface area (Å²) in [6.45, 7) is 2.13. The monoisotopic (exact) mass is 227 g/mol. The van der Waals surface area contributed by atoms with Crippen LogP contribution in [0.5, 0.6) is 0 Å². The van der Waals surface area contributed by atoms with Crippen molar-refractivity contribution in [3.05, 3.63) is 36.2 Å². The molecule has 3 rings (SSSR count). The van der Waals surface area contributed by atoms with Crippen LogP contribution in [-0.2, 0) is 6.42 Å². The van der Waals surface area contributed by atoms with Gasteiger partial charge in [-0.25, -0.2) is 4.98 Å². The SMILES string of the molecule is CCc1nc(-c2ccccc2)c(N)n1C1CC1. The number of anilines is 1. The summed E-state index contributed by atoms with van der Waals surface area (Å²) < 4.78 is 2.22. The molecule has 0 spiro atoms. The highest BCUT2D eigenvalue weighted by Gasteiger charge is 2.29. The van der Waals surface area contributed by atoms with E-state index in [-0.39, 0.29) is 0 Å². The van der Waals surface area contributed by atoms with Gasteiger partial charge >= 0.3 is 0 Å². The van der Waals surface area contributed by atoms with Gasteiger partial charge in [0.15, 0.2) is 0 Å². The quantitative estimate of drug-likeness (QED) is 0.875. The number of aryl methyl sites for hydroxylation is 1. The number of nitrogens with two attached hydrogens (primary N) is 1. The van der Waals surface area contributed by atoms with Gasteiger partial charge in [-0.3, -0.25) is 0 Å². The molecule has 1 fully saturated rings. The zero-order chi connectivity index (χ0) is 11.8. The molecule has 0 bridgehead atoms. The lowest BCUT2D eigenvalue weighted by Crippen LogP contribution is -2.04. The molecule has 0 radical (unpaired) electrons. The van der Waals surface area contributed by atoms with Gasteiger partial charge in [0, 0.05) is 18.0 Å². The lowest BCUT2D eigenvalue weighted by molar-refractivity contribution is 0.696. The predicted molar refractivity (Wildman–Crippen MR) is 69.7 cm³/mol. The second-order valence-corrected chi connectivity index (χ2v) is 4.58. The maximum Gasteiger partial charge on any atom is 0.131 e. The summed E-state index contributed by atoms with van der Waals surface area (Å²) in [7, 11) is 0. The second kappa shape index (κ2) is 3.91. The van der Waals surface area contributed by atoms with Crippen LogP contribution in [0, 0.1) is 0 Å². The molecular weight excluding hydrogens is 210 g/mol. The number of nitrogens with zero attached hydrogens (tertiary/aromatic N) is 2. The zero-order valence-corrected chi connectivity index (χ0v) is 10.1. The second-order valence-electron chi connectivity index (χ2n) is 4.58. The molecule has 17 heavy (non-hydrogen) atoms. The summed E-state index contributed by atoms with van der Waals surface area (Å²) >= 11 is 0. The first-order valence-electron chi connectivity index (χ1n) is 6.23. The molecule has 3 nitrogen and oxygen atoms in total. The Bertz CT molecular complexity index is 524. The molecule has 1 saturated carbocycles. The third-order valence-electron chi connectivity index (χ3n) is 3.30. The Morgan fingerprint density at radius 1 is 1.29 bits per heavy atom. The van der Waals surface area contributed by atoms with Crippen molar-refractivity contribution in [1.29, 1.82) is 0 Å². The molecule has 1 aromatic heterocycles. The summed E-state index contributed by atoms with van der Waals surface area (Å²) in [5, 5.41) is 0. The van der Waals surface area contributed by atoms with E-state index in [0.717, 1.165) is 29.3 Å². The highest BCUT2D eigenvalue weighted by atomic mass is 15.2. The summed E-state index contributed by atoms with van der Waals surface area (Å²) in [4.78, 5) is 4.70. The van der Waals surface area contributed by atoms with E-state index in [2.05, 4.69) is 23.6 Å². The molecule has 0 atom stereocenters. The number of nitrogen functional groups attached to an aromatic ring is 1. The number of aromatic nitrogens is 2. The molecule has 0 saturated heterocycles. The van der Waals surface area contributed by atoms with Gasteiger partial charge in [-0.1, -0.05) is 37.3 Å². The van der Waals surface area contributed by atoms with Crippen molar-refractivity contribution in [2.75, 3.05) is 5.73 Å². The first-order chi connectivity index (χ1) is 8.31. The topological polar surface area (TPSA) is 43.8 Å². The Morgan fingerprint density at radius 2 is 2.00 bits per heavy atom. The molecule has 1 heterocycles. The van der Waals surface area contributed by atoms with E-state index in [1.807, 2.05) is 18.2 Å². The van der Waals surface area contributed by atoms with E-state index in [9.17, 15) is 0 Å². The fourth-order valence-corrected chi connectivity index (χ4v) is 2.29. The summed E-state index contributed by atoms with van der Waals surface area (Å²) in [5.74, 6) is 1.94. The molecule has 0 aliphatic heterocycles. The van der Waals surface area contributed by atoms with Crippen LogP contribution in [-0.4, -0.2) is 9.55 Å². The predicted octanol–water partition coefficient (Wildman–Crippen LogP) is 3.03. The van der Waals surface area contributed by atoms with E-state index in [0.29, 0.717) is 6.04 Å². The minimum atomic E-state index is 0.593. The Balaban J connectivity index is 2.12. The van der Waals surface area contributed by atoms with E-state index in [1.54, 1.807) is 0 Å². The molecule has 2 N–H and O–H groups in total. The number of imidazole rings is 1. The molecule has 1 aliphatic carbocycles. The van der Waals surface area contributed by atoms with E-state index in [1.165, 1.54) is 12.8 Å². The van der Waals surface area contributed by atoms with Crippen LogP contribution in [0.2, 0.25) is 0 Å². The van der Waals surface area contributed by atoms with Crippen LogP contribution in [0.4, 0.5) is 5.82 Å². The third-order valence-corrected chi connectivity index (χ3v) is 3.30. The van der Waals surface area contributed by atoms with Crippen molar-refractivity contribution in [2.24, 2.45) is 0 Å². The van der Waals surface area contributed by atoms with Crippen molar-refractivity contribution < 1.29 is 0 Å². The number of rotatable bonds is 3. The Labute approximate surface area is 101 Å². The van der Waals surface area contributed by atoms with Crippen LogP contribution in [0.3, 0.4) is 0 Å². The Kier molecular flexibility index (Phi) is 2.39. The number of hydrogen-bond acceptors (Lipinski definition) is 2. The van der Waals surface area contributed by atoms with Crippen molar-refractivity contribution in [3.8, 4) is 11.3 Å². The largest absolute Gasteiger partial charge is 0.383 e. The summed E-state index contributed by atoms with van der Waals surface area (Å²) in [6, 6.07) is 10.8. The molecule has 3 heteroatoms. The summed E-state index contributed by atoms with van der Waals surface area (Å²) in [5.41, 5.74) is 8.30. The molecule has 0 unspecified atom stereocenters. The average molecular weight is 227 g/mol. The molecule has 1 aliphatic rings. The van der Waals surface area contributed by atoms with Gasteiger partial charge in [-0.05, 0) is 12.8 Å². The third kappa shape index (κ3) is 1.71. The smallest absolute Gasteiger partial charge is 0.131 e. The Morgan fingerprint density at radius 3 is 2.59 bits per heavy atom. The van der Waals surface area contributed by atoms with Crippen LogP contribution >= 0.6 is 0 Å². The van der Waals surface area contributed by atoms with E-state index < -0.39 is 0 Å². The maximum absolute atomic E-state index is 6.25. The average Bonchev–Trinajstić information content (AvgIpc) is 3.14. The normalized spacial score (nSPS) is 15.1. The van der Waals surface area contributed by atoms with Crippen LogP contribution in [0.25, 0.3) is 11.3 Å². The highest BCUT2D eigenvalue weighted by Crippen LogP contribution is 2.40. The van der Waals surface area contributed by atoms with Gasteiger partial charge in [-0.15, -0.1) is 0 Å². The van der Waals surface area contributed by atoms with Crippen molar-refractivity contribution in [1.82, 2.24) is 9.55 Å². The molecule has 88 valence electrons. The minimum Gasteiger partial charge on any atom is -0.383 e.